The lowest BCUT2D eigenvalue weighted by Gasteiger charge is -2.26. The quantitative estimate of drug-likeness (QED) is 0.892. The summed E-state index contributed by atoms with van der Waals surface area (Å²) < 4.78 is 0. The molecule has 0 saturated heterocycles. The highest BCUT2D eigenvalue weighted by Gasteiger charge is 2.45. The maximum absolute atomic E-state index is 12.3. The number of nitrogens with one attached hydrogen (secondary N) is 1. The molecule has 2 aliphatic carbocycles. The van der Waals surface area contributed by atoms with Crippen molar-refractivity contribution in [3.05, 3.63) is 33.8 Å². The zero-order valence-electron chi connectivity index (χ0n) is 11.7. The summed E-state index contributed by atoms with van der Waals surface area (Å²) in [5.74, 6) is 0.354. The molecule has 2 atom stereocenters. The lowest BCUT2D eigenvalue weighted by atomic mass is 9.93. The highest BCUT2D eigenvalue weighted by atomic mass is 35.5. The van der Waals surface area contributed by atoms with E-state index in [0.29, 0.717) is 10.0 Å². The molecule has 114 valence electrons. The van der Waals surface area contributed by atoms with Gasteiger partial charge in [0, 0.05) is 22.0 Å². The van der Waals surface area contributed by atoms with E-state index in [4.69, 9.17) is 23.2 Å². The monoisotopic (exact) mass is 327 g/mol. The van der Waals surface area contributed by atoms with Crippen molar-refractivity contribution in [3.8, 4) is 0 Å². The van der Waals surface area contributed by atoms with Gasteiger partial charge in [0.2, 0.25) is 5.91 Å². The number of rotatable bonds is 3. The van der Waals surface area contributed by atoms with Gasteiger partial charge in [-0.1, -0.05) is 29.3 Å². The minimum atomic E-state index is -0.195. The molecule has 0 spiro atoms. The third-order valence-electron chi connectivity index (χ3n) is 4.53. The number of aliphatic hydroxyl groups is 1. The van der Waals surface area contributed by atoms with Crippen molar-refractivity contribution in [3.63, 3.8) is 0 Å². The molecule has 2 saturated carbocycles. The molecule has 0 aliphatic heterocycles. The largest absolute Gasteiger partial charge is 0.393 e. The number of hydrogen-bond donors (Lipinski definition) is 2. The number of carbonyl (C=O) groups excluding carboxylic acids is 1. The van der Waals surface area contributed by atoms with E-state index in [2.05, 4.69) is 5.32 Å². The molecule has 0 unspecified atom stereocenters. The molecular formula is C16H19Cl2NO2. The molecule has 2 N–H and O–H groups in total. The minimum absolute atomic E-state index is 0.0236. The fourth-order valence-corrected chi connectivity index (χ4v) is 3.71. The summed E-state index contributed by atoms with van der Waals surface area (Å²) in [6, 6.07) is 5.68. The van der Waals surface area contributed by atoms with Crippen LogP contribution in [-0.4, -0.2) is 23.2 Å². The number of aliphatic hydroxyl groups excluding tert-OH is 1. The maximum atomic E-state index is 12.3. The smallest absolute Gasteiger partial charge is 0.223 e. The molecular weight excluding hydrogens is 309 g/mol. The van der Waals surface area contributed by atoms with Crippen LogP contribution in [0.3, 0.4) is 0 Å². The molecule has 3 rings (SSSR count). The van der Waals surface area contributed by atoms with Crippen LogP contribution in [0.5, 0.6) is 0 Å². The average Bonchev–Trinajstić information content (AvgIpc) is 3.21. The van der Waals surface area contributed by atoms with Crippen molar-refractivity contribution in [2.24, 2.45) is 5.92 Å². The predicted molar refractivity (Wildman–Crippen MR) is 83.7 cm³/mol. The van der Waals surface area contributed by atoms with Crippen LogP contribution in [0, 0.1) is 5.92 Å². The molecule has 21 heavy (non-hydrogen) atoms. The standard InChI is InChI=1S/C16H19Cl2NO2/c17-9-1-6-12(15(18)7-9)13-8-14(13)16(21)19-10-2-4-11(20)5-3-10/h1,6-7,10-11,13-14,20H,2-5,8H2,(H,19,21)/t10?,11?,13-,14+/m0/s1. The summed E-state index contributed by atoms with van der Waals surface area (Å²) in [5.41, 5.74) is 1.01. The topological polar surface area (TPSA) is 49.3 Å². The van der Waals surface area contributed by atoms with Crippen LogP contribution in [0.25, 0.3) is 0 Å². The third-order valence-corrected chi connectivity index (χ3v) is 5.09. The first-order valence-corrected chi connectivity index (χ1v) is 8.23. The molecule has 0 bridgehead atoms. The minimum Gasteiger partial charge on any atom is -0.393 e. The van der Waals surface area contributed by atoms with Gasteiger partial charge in [-0.15, -0.1) is 0 Å². The Morgan fingerprint density at radius 2 is 1.90 bits per heavy atom. The molecule has 2 fully saturated rings. The van der Waals surface area contributed by atoms with E-state index in [1.807, 2.05) is 12.1 Å². The molecule has 1 aromatic carbocycles. The highest BCUT2D eigenvalue weighted by molar-refractivity contribution is 6.35. The van der Waals surface area contributed by atoms with E-state index in [9.17, 15) is 9.90 Å². The molecule has 0 heterocycles. The number of halogens is 2. The second-order valence-electron chi connectivity index (χ2n) is 6.13. The molecule has 1 aromatic rings. The zero-order valence-corrected chi connectivity index (χ0v) is 13.2. The van der Waals surface area contributed by atoms with Crippen molar-refractivity contribution in [2.75, 3.05) is 0 Å². The molecule has 5 heteroatoms. The number of carbonyl (C=O) groups is 1. The Morgan fingerprint density at radius 3 is 2.57 bits per heavy atom. The Hall–Kier alpha value is -0.770. The first-order valence-electron chi connectivity index (χ1n) is 7.48. The molecule has 0 radical (unpaired) electrons. The number of amides is 1. The Bertz CT molecular complexity index is 541. The maximum Gasteiger partial charge on any atom is 0.223 e. The lowest BCUT2D eigenvalue weighted by Crippen LogP contribution is -2.39. The predicted octanol–water partition coefficient (Wildman–Crippen LogP) is 3.52. The molecule has 0 aromatic heterocycles. The zero-order chi connectivity index (χ0) is 15.0. The van der Waals surface area contributed by atoms with Crippen molar-refractivity contribution < 1.29 is 9.90 Å². The van der Waals surface area contributed by atoms with Gasteiger partial charge in [0.25, 0.3) is 0 Å². The lowest BCUT2D eigenvalue weighted by molar-refractivity contribution is -0.123. The summed E-state index contributed by atoms with van der Waals surface area (Å²) in [5, 5.41) is 13.9. The van der Waals surface area contributed by atoms with Crippen molar-refractivity contribution in [1.82, 2.24) is 5.32 Å². The summed E-state index contributed by atoms with van der Waals surface area (Å²) in [7, 11) is 0. The van der Waals surface area contributed by atoms with Crippen LogP contribution in [0.2, 0.25) is 10.0 Å². The Balaban J connectivity index is 1.56. The number of hydrogen-bond acceptors (Lipinski definition) is 2. The van der Waals surface area contributed by atoms with Crippen LogP contribution in [0.15, 0.2) is 18.2 Å². The average molecular weight is 328 g/mol. The van der Waals surface area contributed by atoms with Gasteiger partial charge >= 0.3 is 0 Å². The van der Waals surface area contributed by atoms with Crippen molar-refractivity contribution in [2.45, 2.75) is 50.2 Å². The van der Waals surface area contributed by atoms with Gasteiger partial charge in [0.05, 0.1) is 6.10 Å². The summed E-state index contributed by atoms with van der Waals surface area (Å²) in [4.78, 5) is 12.3. The summed E-state index contributed by atoms with van der Waals surface area (Å²) in [6.45, 7) is 0. The first kappa shape index (κ1) is 15.1. The van der Waals surface area contributed by atoms with Crippen LogP contribution in [-0.2, 0) is 4.79 Å². The van der Waals surface area contributed by atoms with Gasteiger partial charge in [-0.2, -0.15) is 0 Å². The SMILES string of the molecule is O=C(NC1CCC(O)CC1)[C@@H]1C[C@H]1c1ccc(Cl)cc1Cl. The molecule has 1 amide bonds. The highest BCUT2D eigenvalue weighted by Crippen LogP contribution is 2.50. The van der Waals surface area contributed by atoms with Gasteiger partial charge in [-0.3, -0.25) is 4.79 Å². The van der Waals surface area contributed by atoms with E-state index >= 15 is 0 Å². The van der Waals surface area contributed by atoms with E-state index in [1.54, 1.807) is 6.07 Å². The van der Waals surface area contributed by atoms with Gasteiger partial charge < -0.3 is 10.4 Å². The van der Waals surface area contributed by atoms with Crippen LogP contribution < -0.4 is 5.32 Å². The van der Waals surface area contributed by atoms with Gasteiger partial charge in [-0.25, -0.2) is 0 Å². The van der Waals surface area contributed by atoms with Gasteiger partial charge in [0.15, 0.2) is 0 Å². The van der Waals surface area contributed by atoms with E-state index in [1.165, 1.54) is 0 Å². The first-order chi connectivity index (χ1) is 10.0. The Labute approximate surface area is 134 Å². The van der Waals surface area contributed by atoms with Crippen molar-refractivity contribution in [1.29, 1.82) is 0 Å². The molecule has 2 aliphatic rings. The van der Waals surface area contributed by atoms with E-state index < -0.39 is 0 Å². The van der Waals surface area contributed by atoms with Crippen molar-refractivity contribution >= 4 is 29.1 Å². The van der Waals surface area contributed by atoms with Crippen LogP contribution in [0.1, 0.15) is 43.6 Å². The third kappa shape index (κ3) is 3.53. The summed E-state index contributed by atoms with van der Waals surface area (Å²) >= 11 is 12.1. The van der Waals surface area contributed by atoms with Gasteiger partial charge in [0.1, 0.15) is 0 Å². The molecule has 3 nitrogen and oxygen atoms in total. The second kappa shape index (κ2) is 6.15. The second-order valence-corrected chi connectivity index (χ2v) is 6.97. The van der Waals surface area contributed by atoms with E-state index in [-0.39, 0.29) is 29.9 Å². The van der Waals surface area contributed by atoms with Crippen LogP contribution in [0.4, 0.5) is 0 Å². The fourth-order valence-electron chi connectivity index (χ4n) is 3.16. The summed E-state index contributed by atoms with van der Waals surface area (Å²) in [6.07, 6.45) is 3.95. The Kier molecular flexibility index (Phi) is 4.43. The Morgan fingerprint density at radius 1 is 1.19 bits per heavy atom. The van der Waals surface area contributed by atoms with Crippen LogP contribution >= 0.6 is 23.2 Å². The van der Waals surface area contributed by atoms with Gasteiger partial charge in [-0.05, 0) is 55.7 Å². The van der Waals surface area contributed by atoms with E-state index in [0.717, 1.165) is 37.7 Å². The number of benzene rings is 1. The fraction of sp³-hybridized carbons (Fsp3) is 0.562. The normalized spacial score (nSPS) is 31.8.